The van der Waals surface area contributed by atoms with E-state index in [0.29, 0.717) is 0 Å². The fourth-order valence-electron chi connectivity index (χ4n) is 0.705. The maximum atomic E-state index is 10.9. The molecule has 13 heavy (non-hydrogen) atoms. The molecule has 0 aromatic heterocycles. The van der Waals surface area contributed by atoms with Gasteiger partial charge in [0.15, 0.2) is 0 Å². The van der Waals surface area contributed by atoms with Gasteiger partial charge in [0.1, 0.15) is 0 Å². The Morgan fingerprint density at radius 2 is 2.00 bits per heavy atom. The van der Waals surface area contributed by atoms with Gasteiger partial charge in [-0.15, -0.1) is 0 Å². The van der Waals surface area contributed by atoms with Gasteiger partial charge in [0, 0.05) is 22.8 Å². The summed E-state index contributed by atoms with van der Waals surface area (Å²) < 4.78 is 0. The molecule has 0 amide bonds. The molecule has 1 rings (SSSR count). The zero-order chi connectivity index (χ0) is 9.30. The minimum Gasteiger partial charge on any atom is -0.870 e. The van der Waals surface area contributed by atoms with Crippen LogP contribution in [0.25, 0.3) is 0 Å². The van der Waals surface area contributed by atoms with Crippen LogP contribution < -0.4 is 40.4 Å². The van der Waals surface area contributed by atoms with Crippen molar-refractivity contribution >= 4 is 23.0 Å². The monoisotopic (exact) mass is 210 g/mol. The molecule has 0 aliphatic carbocycles. The number of rotatable bonds is 1. The molecule has 0 aliphatic heterocycles. The molecule has 0 saturated carbocycles. The van der Waals surface area contributed by atoms with E-state index in [2.05, 4.69) is 0 Å². The summed E-state index contributed by atoms with van der Waals surface area (Å²) >= 11 is 5.37. The number of hydrogen-bond acceptors (Lipinski definition) is 4. The standard InChI is InChI=1S/C6H5ClN2O3.Na/c7-4-1-3(9(11)12)2-5(8)6(4)10;/h1-2,10H,8H2;/q;+1/p-1. The third kappa shape index (κ3) is 2.73. The molecule has 1 aromatic carbocycles. The van der Waals surface area contributed by atoms with Crippen molar-refractivity contribution in [3.63, 3.8) is 0 Å². The Hall–Kier alpha value is -0.490. The molecule has 2 N–H and O–H groups in total. The first kappa shape index (κ1) is 12.5. The van der Waals surface area contributed by atoms with Gasteiger partial charge < -0.3 is 10.8 Å². The number of nitro groups is 1. The van der Waals surface area contributed by atoms with Crippen LogP contribution in [-0.4, -0.2) is 4.92 Å². The minimum atomic E-state index is -0.665. The van der Waals surface area contributed by atoms with Gasteiger partial charge in [0.05, 0.1) is 4.92 Å². The van der Waals surface area contributed by atoms with E-state index in [4.69, 9.17) is 17.3 Å². The van der Waals surface area contributed by atoms with Crippen molar-refractivity contribution < 1.29 is 39.6 Å². The van der Waals surface area contributed by atoms with E-state index < -0.39 is 10.7 Å². The summed E-state index contributed by atoms with van der Waals surface area (Å²) in [5.41, 5.74) is 4.66. The first-order valence-electron chi connectivity index (χ1n) is 2.93. The molecule has 5 nitrogen and oxygen atoms in total. The van der Waals surface area contributed by atoms with Gasteiger partial charge in [-0.3, -0.25) is 10.1 Å². The Bertz CT molecular complexity index is 322. The zero-order valence-corrected chi connectivity index (χ0v) is 9.54. The molecule has 1 aromatic rings. The van der Waals surface area contributed by atoms with Gasteiger partial charge in [-0.1, -0.05) is 17.4 Å². The van der Waals surface area contributed by atoms with Gasteiger partial charge in [0.25, 0.3) is 5.69 Å². The predicted molar refractivity (Wildman–Crippen MR) is 42.0 cm³/mol. The molecule has 0 aliphatic rings. The van der Waals surface area contributed by atoms with Crippen LogP contribution in [0.2, 0.25) is 5.02 Å². The predicted octanol–water partition coefficient (Wildman–Crippen LogP) is -2.09. The van der Waals surface area contributed by atoms with Crippen LogP contribution in [0.15, 0.2) is 12.1 Å². The van der Waals surface area contributed by atoms with Crippen LogP contribution >= 0.6 is 11.6 Å². The number of nitrogen functional groups attached to an aromatic ring is 1. The minimum absolute atomic E-state index is 0. The van der Waals surface area contributed by atoms with Gasteiger partial charge in [-0.25, -0.2) is 0 Å². The average Bonchev–Trinajstić information content (AvgIpc) is 1.99. The van der Waals surface area contributed by atoms with Crippen LogP contribution in [0.5, 0.6) is 5.75 Å². The Kier molecular flexibility index (Phi) is 4.49. The van der Waals surface area contributed by atoms with Crippen LogP contribution in [0.1, 0.15) is 0 Å². The maximum Gasteiger partial charge on any atom is 1.00 e. The largest absolute Gasteiger partial charge is 1.00 e. The number of benzene rings is 1. The third-order valence-electron chi connectivity index (χ3n) is 1.27. The van der Waals surface area contributed by atoms with E-state index in [9.17, 15) is 15.2 Å². The van der Waals surface area contributed by atoms with Gasteiger partial charge in [0.2, 0.25) is 0 Å². The van der Waals surface area contributed by atoms with E-state index in [-0.39, 0.29) is 46.0 Å². The van der Waals surface area contributed by atoms with E-state index in [1.165, 1.54) is 0 Å². The summed E-state index contributed by atoms with van der Waals surface area (Å²) in [4.78, 5) is 9.54. The Labute approximate surface area is 101 Å². The number of nitro benzene ring substituents is 1. The van der Waals surface area contributed by atoms with Crippen LogP contribution in [0.4, 0.5) is 11.4 Å². The quantitative estimate of drug-likeness (QED) is 0.249. The Morgan fingerprint density at radius 3 is 2.38 bits per heavy atom. The van der Waals surface area contributed by atoms with Crippen LogP contribution in [-0.2, 0) is 0 Å². The van der Waals surface area contributed by atoms with E-state index in [1.54, 1.807) is 0 Å². The SMILES string of the molecule is Nc1cc([N+](=O)[O-])cc(Cl)c1[O-].[Na+]. The van der Waals surface area contributed by atoms with Crippen molar-refractivity contribution in [2.45, 2.75) is 0 Å². The van der Waals surface area contributed by atoms with Gasteiger partial charge in [-0.2, -0.15) is 0 Å². The number of anilines is 1. The molecule has 0 radical (unpaired) electrons. The topological polar surface area (TPSA) is 92.2 Å². The molecule has 0 atom stereocenters. The van der Waals surface area contributed by atoms with Gasteiger partial charge in [-0.05, 0) is 0 Å². The van der Waals surface area contributed by atoms with E-state index in [1.807, 2.05) is 0 Å². The van der Waals surface area contributed by atoms with E-state index in [0.717, 1.165) is 12.1 Å². The smallest absolute Gasteiger partial charge is 0.870 e. The average molecular weight is 211 g/mol. The number of non-ortho nitro benzene ring substituents is 1. The molecule has 64 valence electrons. The zero-order valence-electron chi connectivity index (χ0n) is 6.78. The van der Waals surface area contributed by atoms with Crippen molar-refractivity contribution in [3.8, 4) is 5.75 Å². The molecular formula is C6H4ClN2NaO3. The molecule has 0 bridgehead atoms. The van der Waals surface area contributed by atoms with Crippen molar-refractivity contribution in [1.29, 1.82) is 0 Å². The summed E-state index contributed by atoms with van der Waals surface area (Å²) in [6.07, 6.45) is 0. The molecular weight excluding hydrogens is 207 g/mol. The molecule has 0 spiro atoms. The summed E-state index contributed by atoms with van der Waals surface area (Å²) in [7, 11) is 0. The normalized spacial score (nSPS) is 9.00. The van der Waals surface area contributed by atoms with Gasteiger partial charge >= 0.3 is 29.6 Å². The van der Waals surface area contributed by atoms with E-state index >= 15 is 0 Å². The number of nitrogens with zero attached hydrogens (tertiary/aromatic N) is 1. The fourth-order valence-corrected chi connectivity index (χ4v) is 0.926. The van der Waals surface area contributed by atoms with Crippen LogP contribution in [0, 0.1) is 10.1 Å². The molecule has 0 fully saturated rings. The maximum absolute atomic E-state index is 10.9. The van der Waals surface area contributed by atoms with Crippen molar-refractivity contribution in [1.82, 2.24) is 0 Å². The summed E-state index contributed by atoms with van der Waals surface area (Å²) in [6, 6.07) is 1.95. The summed E-state index contributed by atoms with van der Waals surface area (Å²) in [5.74, 6) is -0.581. The molecule has 0 unspecified atom stereocenters. The van der Waals surface area contributed by atoms with Crippen molar-refractivity contribution in [2.75, 3.05) is 5.73 Å². The molecule has 0 heterocycles. The Morgan fingerprint density at radius 1 is 1.46 bits per heavy atom. The Balaban J connectivity index is 0.00000144. The number of hydrogen-bond donors (Lipinski definition) is 1. The second kappa shape index (κ2) is 4.66. The first-order chi connectivity index (χ1) is 5.52. The number of halogens is 1. The second-order valence-electron chi connectivity index (χ2n) is 2.10. The molecule has 0 saturated heterocycles. The summed E-state index contributed by atoms with van der Waals surface area (Å²) in [6.45, 7) is 0. The summed E-state index contributed by atoms with van der Waals surface area (Å²) in [5, 5.41) is 20.8. The second-order valence-corrected chi connectivity index (χ2v) is 2.51. The van der Waals surface area contributed by atoms with Crippen molar-refractivity contribution in [3.05, 3.63) is 27.3 Å². The molecule has 7 heteroatoms. The fraction of sp³-hybridized carbons (Fsp3) is 0. The first-order valence-corrected chi connectivity index (χ1v) is 3.30. The van der Waals surface area contributed by atoms with Crippen molar-refractivity contribution in [2.24, 2.45) is 0 Å². The third-order valence-corrected chi connectivity index (χ3v) is 1.55. The number of nitrogens with two attached hydrogens (primary N) is 1. The van der Waals surface area contributed by atoms with Crippen LogP contribution in [0.3, 0.4) is 0 Å².